The quantitative estimate of drug-likeness (QED) is 0.0147. The number of ether oxygens (including phenoxy) is 2. The summed E-state index contributed by atoms with van der Waals surface area (Å²) in [6.45, 7) is 4.30. The molecule has 1 aliphatic carbocycles. The van der Waals surface area contributed by atoms with Crippen LogP contribution in [0.25, 0.3) is 0 Å². The topological polar surface area (TPSA) is 192 Å². The number of hydrogen-bond donors (Lipinski definition) is 6. The van der Waals surface area contributed by atoms with Crippen molar-refractivity contribution in [3.8, 4) is 0 Å². The molecule has 0 aromatic rings. The van der Waals surface area contributed by atoms with E-state index < -0.39 is 63.1 Å². The van der Waals surface area contributed by atoms with Gasteiger partial charge < -0.3 is 39.9 Å². The molecule has 1 rings (SSSR count). The first-order chi connectivity index (χ1) is 31.0. The Kier molecular flexibility index (Phi) is 40.3. The third-order valence-corrected chi connectivity index (χ3v) is 13.6. The van der Waals surface area contributed by atoms with Crippen molar-refractivity contribution in [2.24, 2.45) is 0 Å². The van der Waals surface area contributed by atoms with Gasteiger partial charge in [-0.1, -0.05) is 212 Å². The number of aliphatic hydroxyl groups excluding tert-OH is 5. The van der Waals surface area contributed by atoms with Crippen LogP contribution in [0.5, 0.6) is 0 Å². The Bertz CT molecular complexity index is 1110. The first-order valence-corrected chi connectivity index (χ1v) is 28.0. The SMILES string of the molecule is CCCCCCCCCC/C=C\CCCCCCCCCCCCCCOCC(COP(=O)(O)OC1C(O)C(O)C(O)C(O)C1O)OC(=O)CCCCCCCCCCCCCCC. The molecular formula is C51H99O12P. The molecule has 0 aliphatic heterocycles. The standard InChI is InChI=1S/C51H99O12P/c1-3-5-7-9-11-13-15-17-18-19-20-21-22-23-24-25-26-27-29-31-33-35-37-39-41-60-42-44(43-61-64(58,59)63-51-49(56)47(54)46(53)48(55)50(51)57)62-45(52)40-38-36-34-32-30-28-16-14-12-10-8-6-4-2/h19-20,44,46-51,53-57H,3-18,21-43H2,1-2H3,(H,58,59)/b20-19-. The molecule has 6 atom stereocenters. The molecule has 380 valence electrons. The van der Waals surface area contributed by atoms with Crippen LogP contribution in [0, 0.1) is 0 Å². The third kappa shape index (κ3) is 33.5. The molecule has 1 saturated carbocycles. The van der Waals surface area contributed by atoms with Crippen LogP contribution >= 0.6 is 7.82 Å². The van der Waals surface area contributed by atoms with Crippen LogP contribution in [-0.4, -0.2) is 98.9 Å². The maximum atomic E-state index is 12.8. The molecule has 12 nitrogen and oxygen atoms in total. The van der Waals surface area contributed by atoms with Gasteiger partial charge in [0.1, 0.15) is 42.7 Å². The van der Waals surface area contributed by atoms with Crippen molar-refractivity contribution in [2.75, 3.05) is 19.8 Å². The second kappa shape index (κ2) is 42.2. The van der Waals surface area contributed by atoms with Gasteiger partial charge in [-0.05, 0) is 38.5 Å². The molecule has 1 aliphatic rings. The van der Waals surface area contributed by atoms with E-state index in [2.05, 4.69) is 26.0 Å². The van der Waals surface area contributed by atoms with Crippen molar-refractivity contribution in [2.45, 2.75) is 288 Å². The number of esters is 1. The lowest BCUT2D eigenvalue weighted by Gasteiger charge is -2.41. The Hall–Kier alpha value is -0.920. The molecule has 6 N–H and O–H groups in total. The van der Waals surface area contributed by atoms with Gasteiger partial charge in [0.15, 0.2) is 0 Å². The minimum Gasteiger partial charge on any atom is -0.457 e. The van der Waals surface area contributed by atoms with E-state index >= 15 is 0 Å². The van der Waals surface area contributed by atoms with Crippen molar-refractivity contribution in [1.82, 2.24) is 0 Å². The number of rotatable bonds is 46. The fourth-order valence-corrected chi connectivity index (χ4v) is 9.38. The van der Waals surface area contributed by atoms with E-state index in [1.165, 1.54) is 180 Å². The van der Waals surface area contributed by atoms with Crippen molar-refractivity contribution < 1.29 is 58.3 Å². The predicted molar refractivity (Wildman–Crippen MR) is 258 cm³/mol. The summed E-state index contributed by atoms with van der Waals surface area (Å²) in [6.07, 6.45) is 35.7. The van der Waals surface area contributed by atoms with Crippen molar-refractivity contribution in [1.29, 1.82) is 0 Å². The molecule has 0 heterocycles. The number of carbonyl (C=O) groups is 1. The normalized spacial score (nSPS) is 21.7. The maximum absolute atomic E-state index is 12.8. The highest BCUT2D eigenvalue weighted by atomic mass is 31.2. The molecule has 0 radical (unpaired) electrons. The van der Waals surface area contributed by atoms with Gasteiger partial charge in [0.25, 0.3) is 0 Å². The number of hydrogen-bond acceptors (Lipinski definition) is 11. The van der Waals surface area contributed by atoms with Crippen LogP contribution < -0.4 is 0 Å². The van der Waals surface area contributed by atoms with Gasteiger partial charge in [0.05, 0.1) is 13.2 Å². The van der Waals surface area contributed by atoms with E-state index in [1.807, 2.05) is 0 Å². The lowest BCUT2D eigenvalue weighted by molar-refractivity contribution is -0.220. The molecule has 0 spiro atoms. The average molecular weight is 935 g/mol. The van der Waals surface area contributed by atoms with Crippen LogP contribution in [-0.2, 0) is 27.9 Å². The van der Waals surface area contributed by atoms with Crippen molar-refractivity contribution in [3.63, 3.8) is 0 Å². The zero-order valence-electron chi connectivity index (χ0n) is 40.9. The molecule has 64 heavy (non-hydrogen) atoms. The van der Waals surface area contributed by atoms with Crippen LogP contribution in [0.1, 0.15) is 245 Å². The predicted octanol–water partition coefficient (Wildman–Crippen LogP) is 11.9. The second-order valence-electron chi connectivity index (χ2n) is 18.7. The van der Waals surface area contributed by atoms with Crippen LogP contribution in [0.4, 0.5) is 0 Å². The highest BCUT2D eigenvalue weighted by Gasteiger charge is 2.51. The Labute approximate surface area is 390 Å². The Balaban J connectivity index is 2.27. The van der Waals surface area contributed by atoms with E-state index in [1.54, 1.807) is 0 Å². The molecule has 0 aromatic heterocycles. The molecule has 1 fully saturated rings. The highest BCUT2D eigenvalue weighted by Crippen LogP contribution is 2.47. The maximum Gasteiger partial charge on any atom is 0.472 e. The molecule has 6 unspecified atom stereocenters. The summed E-state index contributed by atoms with van der Waals surface area (Å²) in [5.74, 6) is -0.473. The zero-order chi connectivity index (χ0) is 46.9. The highest BCUT2D eigenvalue weighted by molar-refractivity contribution is 7.47. The minimum atomic E-state index is -5.01. The second-order valence-corrected chi connectivity index (χ2v) is 20.1. The summed E-state index contributed by atoms with van der Waals surface area (Å²) in [6, 6.07) is 0. The van der Waals surface area contributed by atoms with E-state index in [9.17, 15) is 39.8 Å². The monoisotopic (exact) mass is 935 g/mol. The first kappa shape index (κ1) is 61.1. The molecule has 0 aromatic carbocycles. The van der Waals surface area contributed by atoms with Gasteiger partial charge in [-0.25, -0.2) is 4.57 Å². The van der Waals surface area contributed by atoms with Gasteiger partial charge in [-0.2, -0.15) is 0 Å². The number of phosphoric ester groups is 1. The number of allylic oxidation sites excluding steroid dienone is 2. The van der Waals surface area contributed by atoms with Gasteiger partial charge in [0.2, 0.25) is 0 Å². The summed E-state index contributed by atoms with van der Waals surface area (Å²) in [4.78, 5) is 23.2. The summed E-state index contributed by atoms with van der Waals surface area (Å²) in [5, 5.41) is 50.3. The van der Waals surface area contributed by atoms with Crippen LogP contribution in [0.2, 0.25) is 0 Å². The van der Waals surface area contributed by atoms with Crippen LogP contribution in [0.3, 0.4) is 0 Å². The summed E-state index contributed by atoms with van der Waals surface area (Å²) < 4.78 is 34.3. The summed E-state index contributed by atoms with van der Waals surface area (Å²) >= 11 is 0. The Morgan fingerprint density at radius 2 is 0.828 bits per heavy atom. The average Bonchev–Trinajstić information content (AvgIpc) is 3.28. The third-order valence-electron chi connectivity index (χ3n) is 12.6. The van der Waals surface area contributed by atoms with E-state index in [0.717, 1.165) is 38.5 Å². The Morgan fingerprint density at radius 1 is 0.484 bits per heavy atom. The lowest BCUT2D eigenvalue weighted by atomic mass is 9.85. The van der Waals surface area contributed by atoms with Crippen LogP contribution in [0.15, 0.2) is 12.2 Å². The minimum absolute atomic E-state index is 0.0707. The number of aliphatic hydroxyl groups is 5. The van der Waals surface area contributed by atoms with Gasteiger partial charge in [-0.3, -0.25) is 13.8 Å². The molecular weight excluding hydrogens is 836 g/mol. The van der Waals surface area contributed by atoms with Gasteiger partial charge in [-0.15, -0.1) is 0 Å². The van der Waals surface area contributed by atoms with E-state index in [4.69, 9.17) is 18.5 Å². The van der Waals surface area contributed by atoms with Crippen molar-refractivity contribution >= 4 is 13.8 Å². The molecule has 0 amide bonds. The summed E-state index contributed by atoms with van der Waals surface area (Å²) in [7, 11) is -5.01. The lowest BCUT2D eigenvalue weighted by Crippen LogP contribution is -2.64. The van der Waals surface area contributed by atoms with E-state index in [-0.39, 0.29) is 13.0 Å². The largest absolute Gasteiger partial charge is 0.472 e. The smallest absolute Gasteiger partial charge is 0.457 e. The fourth-order valence-electron chi connectivity index (χ4n) is 8.41. The molecule has 13 heteroatoms. The van der Waals surface area contributed by atoms with Crippen molar-refractivity contribution in [3.05, 3.63) is 12.2 Å². The Morgan fingerprint density at radius 3 is 1.23 bits per heavy atom. The summed E-state index contributed by atoms with van der Waals surface area (Å²) in [5.41, 5.74) is 0. The van der Waals surface area contributed by atoms with Gasteiger partial charge in [0, 0.05) is 13.0 Å². The number of unbranched alkanes of at least 4 members (excludes halogenated alkanes) is 32. The fraction of sp³-hybridized carbons (Fsp3) is 0.941. The molecule has 0 saturated heterocycles. The molecule has 0 bridgehead atoms. The zero-order valence-corrected chi connectivity index (χ0v) is 41.7. The number of carbonyl (C=O) groups excluding carboxylic acids is 1. The van der Waals surface area contributed by atoms with E-state index in [0.29, 0.717) is 13.0 Å². The first-order valence-electron chi connectivity index (χ1n) is 26.5. The number of phosphoric acid groups is 1. The van der Waals surface area contributed by atoms with Gasteiger partial charge >= 0.3 is 13.8 Å².